The molecule has 27 heavy (non-hydrogen) atoms. The van der Waals surface area contributed by atoms with Gasteiger partial charge in [-0.05, 0) is 50.8 Å². The highest BCUT2D eigenvalue weighted by Crippen LogP contribution is 2.20. The predicted molar refractivity (Wildman–Crippen MR) is 108 cm³/mol. The molecule has 2 aromatic heterocycles. The van der Waals surface area contributed by atoms with E-state index in [1.165, 1.54) is 24.0 Å². The van der Waals surface area contributed by atoms with Crippen LogP contribution >= 0.6 is 0 Å². The Morgan fingerprint density at radius 1 is 1.15 bits per heavy atom. The van der Waals surface area contributed by atoms with Crippen LogP contribution in [0.2, 0.25) is 0 Å². The van der Waals surface area contributed by atoms with Gasteiger partial charge in [0.1, 0.15) is 12.1 Å². The maximum absolute atomic E-state index is 4.51. The topological polar surface area (TPSA) is 58.4 Å². The molecule has 1 saturated heterocycles. The molecule has 1 aliphatic heterocycles. The summed E-state index contributed by atoms with van der Waals surface area (Å²) in [5.74, 6) is 2.36. The van der Waals surface area contributed by atoms with E-state index in [4.69, 9.17) is 0 Å². The maximum Gasteiger partial charge on any atom is 0.254 e. The van der Waals surface area contributed by atoms with Gasteiger partial charge < -0.3 is 5.32 Å². The quantitative estimate of drug-likeness (QED) is 0.727. The number of piperidine rings is 1. The van der Waals surface area contributed by atoms with Crippen molar-refractivity contribution >= 4 is 11.6 Å². The molecule has 0 unspecified atom stereocenters. The van der Waals surface area contributed by atoms with E-state index in [0.717, 1.165) is 44.1 Å². The molecular weight excluding hydrogens is 336 g/mol. The molecular formula is C21H28N6. The summed E-state index contributed by atoms with van der Waals surface area (Å²) in [7, 11) is 0. The van der Waals surface area contributed by atoms with Gasteiger partial charge in [0.05, 0.1) is 0 Å². The van der Waals surface area contributed by atoms with E-state index in [9.17, 15) is 0 Å². The van der Waals surface area contributed by atoms with Gasteiger partial charge in [-0.2, -0.15) is 14.6 Å². The minimum absolute atomic E-state index is 0.671. The number of benzene rings is 1. The standard InChI is InChI=1S/C21H28N6/c1-3-19-12-20(27-21(25-19)23-15-24-27)22-13-17-8-10-26(11-9-17)14-18-6-4-16(2)5-7-18/h4-7,12,15,17,22H,3,8-11,13-14H2,1-2H3. The minimum Gasteiger partial charge on any atom is -0.370 e. The Morgan fingerprint density at radius 2 is 1.93 bits per heavy atom. The van der Waals surface area contributed by atoms with Crippen LogP contribution in [-0.2, 0) is 13.0 Å². The molecule has 6 nitrogen and oxygen atoms in total. The summed E-state index contributed by atoms with van der Waals surface area (Å²) >= 11 is 0. The maximum atomic E-state index is 4.51. The van der Waals surface area contributed by atoms with Gasteiger partial charge in [-0.15, -0.1) is 0 Å². The number of fused-ring (bicyclic) bond motifs is 1. The summed E-state index contributed by atoms with van der Waals surface area (Å²) < 4.78 is 1.80. The lowest BCUT2D eigenvalue weighted by Gasteiger charge is -2.32. The van der Waals surface area contributed by atoms with Gasteiger partial charge in [0, 0.05) is 24.8 Å². The summed E-state index contributed by atoms with van der Waals surface area (Å²) in [5.41, 5.74) is 3.79. The van der Waals surface area contributed by atoms with Crippen molar-refractivity contribution in [3.05, 3.63) is 53.5 Å². The highest BCUT2D eigenvalue weighted by molar-refractivity contribution is 5.45. The molecule has 142 valence electrons. The van der Waals surface area contributed by atoms with Crippen LogP contribution in [0.1, 0.15) is 36.6 Å². The second-order valence-electron chi connectivity index (χ2n) is 7.54. The summed E-state index contributed by atoms with van der Waals surface area (Å²) in [4.78, 5) is 11.3. The second kappa shape index (κ2) is 8.05. The number of nitrogens with zero attached hydrogens (tertiary/aromatic N) is 5. The Kier molecular flexibility index (Phi) is 5.34. The van der Waals surface area contributed by atoms with E-state index >= 15 is 0 Å². The number of hydrogen-bond acceptors (Lipinski definition) is 5. The third kappa shape index (κ3) is 4.27. The van der Waals surface area contributed by atoms with E-state index in [1.54, 1.807) is 10.8 Å². The smallest absolute Gasteiger partial charge is 0.254 e. The molecule has 0 spiro atoms. The Balaban J connectivity index is 1.31. The van der Waals surface area contributed by atoms with Crippen molar-refractivity contribution in [3.8, 4) is 0 Å². The van der Waals surface area contributed by atoms with E-state index in [2.05, 4.69) is 69.5 Å². The first kappa shape index (κ1) is 17.9. The molecule has 0 saturated carbocycles. The molecule has 1 fully saturated rings. The molecule has 0 atom stereocenters. The predicted octanol–water partition coefficient (Wildman–Crippen LogP) is 3.32. The summed E-state index contributed by atoms with van der Waals surface area (Å²) in [6.07, 6.45) is 4.92. The largest absolute Gasteiger partial charge is 0.370 e. The number of aryl methyl sites for hydroxylation is 2. The first-order valence-corrected chi connectivity index (χ1v) is 9.92. The molecule has 4 rings (SSSR count). The number of anilines is 1. The van der Waals surface area contributed by atoms with Gasteiger partial charge in [0.2, 0.25) is 0 Å². The molecule has 3 heterocycles. The van der Waals surface area contributed by atoms with Gasteiger partial charge in [0.15, 0.2) is 0 Å². The molecule has 0 aliphatic carbocycles. The van der Waals surface area contributed by atoms with Gasteiger partial charge in [-0.25, -0.2) is 4.98 Å². The van der Waals surface area contributed by atoms with Crippen molar-refractivity contribution in [1.29, 1.82) is 0 Å². The lowest BCUT2D eigenvalue weighted by atomic mass is 9.96. The van der Waals surface area contributed by atoms with Crippen LogP contribution < -0.4 is 5.32 Å². The SMILES string of the molecule is CCc1cc(NCC2CCN(Cc3ccc(C)cc3)CC2)n2ncnc2n1. The van der Waals surface area contributed by atoms with Crippen molar-refractivity contribution in [1.82, 2.24) is 24.5 Å². The molecule has 1 aromatic carbocycles. The number of likely N-dealkylation sites (tertiary alicyclic amines) is 1. The fraction of sp³-hybridized carbons (Fsp3) is 0.476. The number of rotatable bonds is 6. The zero-order valence-electron chi connectivity index (χ0n) is 16.2. The van der Waals surface area contributed by atoms with Gasteiger partial charge >= 0.3 is 0 Å². The highest BCUT2D eigenvalue weighted by atomic mass is 15.3. The lowest BCUT2D eigenvalue weighted by molar-refractivity contribution is 0.182. The van der Waals surface area contributed by atoms with E-state index < -0.39 is 0 Å². The fourth-order valence-electron chi connectivity index (χ4n) is 3.72. The molecule has 1 aliphatic rings. The molecule has 0 bridgehead atoms. The second-order valence-corrected chi connectivity index (χ2v) is 7.54. The van der Waals surface area contributed by atoms with Gasteiger partial charge in [0.25, 0.3) is 5.78 Å². The first-order valence-electron chi connectivity index (χ1n) is 9.92. The summed E-state index contributed by atoms with van der Waals surface area (Å²) in [6, 6.07) is 11.0. The molecule has 6 heteroatoms. The lowest BCUT2D eigenvalue weighted by Crippen LogP contribution is -2.35. The van der Waals surface area contributed by atoms with Crippen LogP contribution in [-0.4, -0.2) is 44.1 Å². The van der Waals surface area contributed by atoms with Crippen molar-refractivity contribution in [3.63, 3.8) is 0 Å². The summed E-state index contributed by atoms with van der Waals surface area (Å²) in [5, 5.41) is 7.89. The zero-order valence-corrected chi connectivity index (χ0v) is 16.2. The first-order chi connectivity index (χ1) is 13.2. The Morgan fingerprint density at radius 3 is 2.67 bits per heavy atom. The average molecular weight is 364 g/mol. The Labute approximate surface area is 160 Å². The monoisotopic (exact) mass is 364 g/mol. The van der Waals surface area contributed by atoms with Gasteiger partial charge in [-0.3, -0.25) is 4.90 Å². The zero-order chi connectivity index (χ0) is 18.6. The van der Waals surface area contributed by atoms with Crippen LogP contribution in [0, 0.1) is 12.8 Å². The fourth-order valence-corrected chi connectivity index (χ4v) is 3.72. The van der Waals surface area contributed by atoms with Gasteiger partial charge in [-0.1, -0.05) is 36.8 Å². The molecule has 0 radical (unpaired) electrons. The Bertz CT molecular complexity index is 877. The van der Waals surface area contributed by atoms with E-state index in [-0.39, 0.29) is 0 Å². The van der Waals surface area contributed by atoms with Crippen molar-refractivity contribution in [2.75, 3.05) is 25.0 Å². The number of nitrogens with one attached hydrogen (secondary N) is 1. The van der Waals surface area contributed by atoms with Crippen LogP contribution in [0.5, 0.6) is 0 Å². The summed E-state index contributed by atoms with van der Waals surface area (Å²) in [6.45, 7) is 8.61. The van der Waals surface area contributed by atoms with Crippen LogP contribution in [0.4, 0.5) is 5.82 Å². The molecule has 1 N–H and O–H groups in total. The van der Waals surface area contributed by atoms with Crippen LogP contribution in [0.25, 0.3) is 5.78 Å². The van der Waals surface area contributed by atoms with E-state index in [1.807, 2.05) is 0 Å². The van der Waals surface area contributed by atoms with E-state index in [0.29, 0.717) is 11.7 Å². The third-order valence-corrected chi connectivity index (χ3v) is 5.47. The van der Waals surface area contributed by atoms with Crippen molar-refractivity contribution in [2.24, 2.45) is 5.92 Å². The van der Waals surface area contributed by atoms with Crippen LogP contribution in [0.3, 0.4) is 0 Å². The normalized spacial score (nSPS) is 16.1. The molecule has 0 amide bonds. The van der Waals surface area contributed by atoms with Crippen LogP contribution in [0.15, 0.2) is 36.7 Å². The average Bonchev–Trinajstić information content (AvgIpc) is 3.17. The highest BCUT2D eigenvalue weighted by Gasteiger charge is 2.19. The number of hydrogen-bond donors (Lipinski definition) is 1. The van der Waals surface area contributed by atoms with Crippen molar-refractivity contribution in [2.45, 2.75) is 39.7 Å². The number of aromatic nitrogens is 4. The molecule has 3 aromatic rings. The Hall–Kier alpha value is -2.47. The third-order valence-electron chi connectivity index (χ3n) is 5.47. The van der Waals surface area contributed by atoms with Crippen molar-refractivity contribution < 1.29 is 0 Å². The minimum atomic E-state index is 0.671.